The van der Waals surface area contributed by atoms with Gasteiger partial charge in [-0.15, -0.1) is 0 Å². The molecule has 10 heavy (non-hydrogen) atoms. The second kappa shape index (κ2) is 3.38. The SMILES string of the molecule is COc1ccc(I)cc1[Si]. The van der Waals surface area contributed by atoms with Crippen molar-refractivity contribution in [2.75, 3.05) is 7.11 Å². The lowest BCUT2D eigenvalue weighted by Gasteiger charge is -2.02. The number of halogens is 1. The van der Waals surface area contributed by atoms with Crippen LogP contribution >= 0.6 is 22.6 Å². The summed E-state index contributed by atoms with van der Waals surface area (Å²) in [4.78, 5) is 0. The van der Waals surface area contributed by atoms with E-state index in [1.165, 1.54) is 3.57 Å². The molecule has 0 saturated heterocycles. The smallest absolute Gasteiger partial charge is 0.117 e. The first kappa shape index (κ1) is 8.07. The van der Waals surface area contributed by atoms with E-state index in [2.05, 4.69) is 32.8 Å². The zero-order chi connectivity index (χ0) is 7.56. The molecule has 3 radical (unpaired) electrons. The van der Waals surface area contributed by atoms with Crippen LogP contribution in [-0.4, -0.2) is 17.4 Å². The maximum absolute atomic E-state index is 5.05. The first-order valence-electron chi connectivity index (χ1n) is 2.79. The van der Waals surface area contributed by atoms with Crippen molar-refractivity contribution in [3.05, 3.63) is 21.8 Å². The Labute approximate surface area is 77.3 Å². The van der Waals surface area contributed by atoms with E-state index in [-0.39, 0.29) is 0 Å². The van der Waals surface area contributed by atoms with Gasteiger partial charge in [0.25, 0.3) is 0 Å². The van der Waals surface area contributed by atoms with Crippen LogP contribution in [0.4, 0.5) is 0 Å². The molecule has 0 unspecified atom stereocenters. The predicted octanol–water partition coefficient (Wildman–Crippen LogP) is 1.09. The molecule has 1 aromatic rings. The van der Waals surface area contributed by atoms with Crippen LogP contribution in [0.25, 0.3) is 0 Å². The summed E-state index contributed by atoms with van der Waals surface area (Å²) in [6, 6.07) is 5.95. The molecule has 0 amide bonds. The Bertz CT molecular complexity index is 237. The first-order valence-corrected chi connectivity index (χ1v) is 4.37. The average Bonchev–Trinajstić information content (AvgIpc) is 1.88. The summed E-state index contributed by atoms with van der Waals surface area (Å²) in [6.07, 6.45) is 0. The number of hydrogen-bond acceptors (Lipinski definition) is 1. The van der Waals surface area contributed by atoms with Gasteiger partial charge in [-0.25, -0.2) is 0 Å². The second-order valence-electron chi connectivity index (χ2n) is 1.84. The van der Waals surface area contributed by atoms with Gasteiger partial charge >= 0.3 is 0 Å². The monoisotopic (exact) mass is 261 g/mol. The van der Waals surface area contributed by atoms with Gasteiger partial charge in [0, 0.05) is 3.57 Å². The molecular formula is C7H6IOSi. The molecule has 0 fully saturated rings. The van der Waals surface area contributed by atoms with Gasteiger partial charge in [-0.1, -0.05) is 0 Å². The fourth-order valence-electron chi connectivity index (χ4n) is 0.680. The minimum Gasteiger partial charge on any atom is -0.497 e. The van der Waals surface area contributed by atoms with Crippen molar-refractivity contribution in [3.8, 4) is 5.75 Å². The van der Waals surface area contributed by atoms with Gasteiger partial charge in [-0.05, 0) is 46.0 Å². The van der Waals surface area contributed by atoms with Crippen LogP contribution in [0.1, 0.15) is 0 Å². The number of rotatable bonds is 1. The number of benzene rings is 1. The van der Waals surface area contributed by atoms with Crippen molar-refractivity contribution in [2.24, 2.45) is 0 Å². The van der Waals surface area contributed by atoms with E-state index in [1.54, 1.807) is 7.11 Å². The highest BCUT2D eigenvalue weighted by Gasteiger charge is 1.95. The normalized spacial score (nSPS) is 9.50. The van der Waals surface area contributed by atoms with Gasteiger partial charge in [0.1, 0.15) is 5.75 Å². The lowest BCUT2D eigenvalue weighted by atomic mass is 10.3. The van der Waals surface area contributed by atoms with Crippen LogP contribution in [0.15, 0.2) is 18.2 Å². The van der Waals surface area contributed by atoms with Crippen molar-refractivity contribution < 1.29 is 4.74 Å². The molecule has 0 heterocycles. The summed E-state index contributed by atoms with van der Waals surface area (Å²) in [7, 11) is 5.09. The third kappa shape index (κ3) is 1.73. The van der Waals surface area contributed by atoms with Gasteiger partial charge < -0.3 is 4.74 Å². The third-order valence-corrected chi connectivity index (χ3v) is 2.22. The van der Waals surface area contributed by atoms with Gasteiger partial charge in [0.15, 0.2) is 0 Å². The summed E-state index contributed by atoms with van der Waals surface area (Å²) < 4.78 is 6.25. The number of ether oxygens (including phenoxy) is 1. The third-order valence-electron chi connectivity index (χ3n) is 1.16. The highest BCUT2D eigenvalue weighted by atomic mass is 127. The first-order chi connectivity index (χ1) is 4.74. The van der Waals surface area contributed by atoms with Gasteiger partial charge in [0.05, 0.1) is 17.4 Å². The molecule has 51 valence electrons. The van der Waals surface area contributed by atoms with E-state index in [9.17, 15) is 0 Å². The number of methoxy groups -OCH3 is 1. The topological polar surface area (TPSA) is 9.23 Å². The highest BCUT2D eigenvalue weighted by molar-refractivity contribution is 14.1. The lowest BCUT2D eigenvalue weighted by Crippen LogP contribution is -2.06. The summed E-state index contributed by atoms with van der Waals surface area (Å²) in [6.45, 7) is 0. The largest absolute Gasteiger partial charge is 0.497 e. The van der Waals surface area contributed by atoms with E-state index in [4.69, 9.17) is 4.74 Å². The maximum Gasteiger partial charge on any atom is 0.117 e. The van der Waals surface area contributed by atoms with Crippen molar-refractivity contribution in [3.63, 3.8) is 0 Å². The molecule has 0 spiro atoms. The van der Waals surface area contributed by atoms with Crippen LogP contribution in [0.3, 0.4) is 0 Å². The van der Waals surface area contributed by atoms with Crippen LogP contribution in [-0.2, 0) is 0 Å². The maximum atomic E-state index is 5.05. The minimum atomic E-state index is 0.872. The van der Waals surface area contributed by atoms with Crippen molar-refractivity contribution >= 4 is 38.0 Å². The van der Waals surface area contributed by atoms with Crippen LogP contribution in [0.2, 0.25) is 0 Å². The Morgan fingerprint density at radius 3 is 2.70 bits per heavy atom. The highest BCUT2D eigenvalue weighted by Crippen LogP contribution is 2.08. The van der Waals surface area contributed by atoms with Gasteiger partial charge in [-0.3, -0.25) is 0 Å². The Hall–Kier alpha value is -0.0331. The Balaban J connectivity index is 3.07. The molecule has 0 aliphatic heterocycles. The predicted molar refractivity (Wildman–Crippen MR) is 51.1 cm³/mol. The Kier molecular flexibility index (Phi) is 2.73. The van der Waals surface area contributed by atoms with Crippen molar-refractivity contribution in [1.82, 2.24) is 0 Å². The van der Waals surface area contributed by atoms with E-state index in [0.717, 1.165) is 10.9 Å². The average molecular weight is 261 g/mol. The molecule has 3 heteroatoms. The molecule has 0 N–H and O–H groups in total. The molecule has 1 aromatic carbocycles. The zero-order valence-corrected chi connectivity index (χ0v) is 8.68. The summed E-state index contributed by atoms with van der Waals surface area (Å²) in [5.41, 5.74) is 0. The zero-order valence-electron chi connectivity index (χ0n) is 5.52. The van der Waals surface area contributed by atoms with Crippen LogP contribution in [0.5, 0.6) is 5.75 Å². The standard InChI is InChI=1S/C7H6IOSi/c1-9-6-3-2-5(8)4-7(6)10/h2-4H,1H3. The second-order valence-corrected chi connectivity index (χ2v) is 3.63. The number of hydrogen-bond donors (Lipinski definition) is 0. The van der Waals surface area contributed by atoms with Crippen LogP contribution in [0, 0.1) is 3.57 Å². The molecular weight excluding hydrogens is 255 g/mol. The van der Waals surface area contributed by atoms with Crippen LogP contribution < -0.4 is 9.92 Å². The minimum absolute atomic E-state index is 0.872. The van der Waals surface area contributed by atoms with E-state index < -0.39 is 0 Å². The van der Waals surface area contributed by atoms with Crippen molar-refractivity contribution in [1.29, 1.82) is 0 Å². The molecule has 0 bridgehead atoms. The molecule has 0 aromatic heterocycles. The lowest BCUT2D eigenvalue weighted by molar-refractivity contribution is 0.418. The quantitative estimate of drug-likeness (QED) is 0.543. The molecule has 1 nitrogen and oxygen atoms in total. The molecule has 0 aliphatic rings. The van der Waals surface area contributed by atoms with E-state index in [1.807, 2.05) is 18.2 Å². The molecule has 0 aliphatic carbocycles. The fraction of sp³-hybridized carbons (Fsp3) is 0.143. The summed E-state index contributed by atoms with van der Waals surface area (Å²) in [5, 5.41) is 0.995. The van der Waals surface area contributed by atoms with Gasteiger partial charge in [0.2, 0.25) is 0 Å². The van der Waals surface area contributed by atoms with Gasteiger partial charge in [-0.2, -0.15) is 0 Å². The summed E-state index contributed by atoms with van der Waals surface area (Å²) >= 11 is 2.25. The molecule has 0 saturated carbocycles. The molecule has 1 rings (SSSR count). The Morgan fingerprint density at radius 1 is 1.50 bits per heavy atom. The fourth-order valence-corrected chi connectivity index (χ4v) is 1.81. The van der Waals surface area contributed by atoms with E-state index >= 15 is 0 Å². The molecule has 0 atom stereocenters. The summed E-state index contributed by atoms with van der Waals surface area (Å²) in [5.74, 6) is 0.872. The Morgan fingerprint density at radius 2 is 2.20 bits per heavy atom. The van der Waals surface area contributed by atoms with Crippen molar-refractivity contribution in [2.45, 2.75) is 0 Å². The van der Waals surface area contributed by atoms with E-state index in [0.29, 0.717) is 0 Å².